The molecule has 2 aromatic rings. The second kappa shape index (κ2) is 13.0. The summed E-state index contributed by atoms with van der Waals surface area (Å²) in [5.74, 6) is 0.529. The van der Waals surface area contributed by atoms with Crippen molar-refractivity contribution < 1.29 is 14.3 Å². The molecule has 0 spiro atoms. The van der Waals surface area contributed by atoms with Crippen LogP contribution < -0.4 is 11.1 Å². The lowest BCUT2D eigenvalue weighted by molar-refractivity contribution is -0.122. The van der Waals surface area contributed by atoms with E-state index in [4.69, 9.17) is 15.2 Å². The number of rotatable bonds is 13. The third kappa shape index (κ3) is 9.90. The van der Waals surface area contributed by atoms with Gasteiger partial charge in [-0.05, 0) is 48.9 Å². The monoisotopic (exact) mass is 412 g/mol. The Labute approximate surface area is 181 Å². The highest BCUT2D eigenvalue weighted by Crippen LogP contribution is 2.10. The lowest BCUT2D eigenvalue weighted by Gasteiger charge is -2.21. The predicted molar refractivity (Wildman–Crippen MR) is 122 cm³/mol. The van der Waals surface area contributed by atoms with Gasteiger partial charge in [0.25, 0.3) is 0 Å². The molecular formula is C25H36N2O3. The Kier molecular flexibility index (Phi) is 10.4. The molecule has 0 bridgehead atoms. The Morgan fingerprint density at radius 3 is 2.30 bits per heavy atom. The molecule has 0 radical (unpaired) electrons. The van der Waals surface area contributed by atoms with Crippen LogP contribution >= 0.6 is 0 Å². The van der Waals surface area contributed by atoms with E-state index in [2.05, 4.69) is 19.2 Å². The average molecular weight is 413 g/mol. The van der Waals surface area contributed by atoms with Crippen molar-refractivity contribution in [1.29, 1.82) is 0 Å². The maximum Gasteiger partial charge on any atom is 0.220 e. The number of hydrogen-bond acceptors (Lipinski definition) is 4. The van der Waals surface area contributed by atoms with Crippen molar-refractivity contribution in [2.45, 2.75) is 52.2 Å². The van der Waals surface area contributed by atoms with E-state index < -0.39 is 0 Å². The molecule has 0 fully saturated rings. The van der Waals surface area contributed by atoms with Gasteiger partial charge in [-0.3, -0.25) is 4.79 Å². The first-order valence-electron chi connectivity index (χ1n) is 10.8. The van der Waals surface area contributed by atoms with Crippen molar-refractivity contribution >= 4 is 11.6 Å². The zero-order valence-corrected chi connectivity index (χ0v) is 18.5. The largest absolute Gasteiger partial charge is 0.399 e. The van der Waals surface area contributed by atoms with Crippen molar-refractivity contribution in [3.8, 4) is 0 Å². The van der Waals surface area contributed by atoms with Crippen LogP contribution in [0.2, 0.25) is 0 Å². The minimum Gasteiger partial charge on any atom is -0.399 e. The van der Waals surface area contributed by atoms with Gasteiger partial charge >= 0.3 is 0 Å². The van der Waals surface area contributed by atoms with Crippen LogP contribution in [0, 0.1) is 5.92 Å². The van der Waals surface area contributed by atoms with Gasteiger partial charge in [0.15, 0.2) is 0 Å². The number of aryl methyl sites for hydroxylation is 1. The highest BCUT2D eigenvalue weighted by molar-refractivity contribution is 5.76. The zero-order chi connectivity index (χ0) is 21.8. The lowest BCUT2D eigenvalue weighted by Crippen LogP contribution is -2.40. The Morgan fingerprint density at radius 1 is 0.933 bits per heavy atom. The minimum atomic E-state index is -0.103. The highest BCUT2D eigenvalue weighted by atomic mass is 16.5. The number of carbonyl (C=O) groups is 1. The van der Waals surface area contributed by atoms with Gasteiger partial charge < -0.3 is 20.5 Å². The summed E-state index contributed by atoms with van der Waals surface area (Å²) in [6.45, 7) is 7.93. The van der Waals surface area contributed by atoms with E-state index in [9.17, 15) is 4.79 Å². The molecule has 0 saturated heterocycles. The number of anilines is 1. The zero-order valence-electron chi connectivity index (χ0n) is 18.5. The summed E-state index contributed by atoms with van der Waals surface area (Å²) in [7, 11) is 0. The molecule has 164 valence electrons. The predicted octanol–water partition coefficient (Wildman–Crippen LogP) is 4.01. The molecule has 30 heavy (non-hydrogen) atoms. The first-order valence-corrected chi connectivity index (χ1v) is 10.8. The van der Waals surface area contributed by atoms with Crippen LogP contribution in [0.1, 0.15) is 38.3 Å². The molecule has 5 nitrogen and oxygen atoms in total. The molecule has 0 aliphatic rings. The molecular weight excluding hydrogens is 376 g/mol. The second-order valence-electron chi connectivity index (χ2n) is 8.27. The van der Waals surface area contributed by atoms with Gasteiger partial charge in [0.05, 0.1) is 25.4 Å². The Bertz CT molecular complexity index is 732. The van der Waals surface area contributed by atoms with Gasteiger partial charge in [0, 0.05) is 18.7 Å². The van der Waals surface area contributed by atoms with E-state index in [1.54, 1.807) is 0 Å². The number of ether oxygens (including phenoxy) is 2. The number of carbonyl (C=O) groups excluding carboxylic acids is 1. The molecule has 3 N–H and O–H groups in total. The summed E-state index contributed by atoms with van der Waals surface area (Å²) in [6, 6.07) is 17.7. The fourth-order valence-electron chi connectivity index (χ4n) is 3.07. The lowest BCUT2D eigenvalue weighted by atomic mass is 10.1. The van der Waals surface area contributed by atoms with E-state index in [1.807, 2.05) is 61.5 Å². The van der Waals surface area contributed by atoms with Gasteiger partial charge in [-0.1, -0.05) is 56.3 Å². The number of nitrogens with one attached hydrogen (secondary N) is 1. The molecule has 2 unspecified atom stereocenters. The summed E-state index contributed by atoms with van der Waals surface area (Å²) < 4.78 is 11.6. The number of amides is 1. The molecule has 0 heterocycles. The van der Waals surface area contributed by atoms with Crippen LogP contribution in [-0.2, 0) is 27.1 Å². The highest BCUT2D eigenvalue weighted by Gasteiger charge is 2.15. The van der Waals surface area contributed by atoms with Crippen LogP contribution in [0.25, 0.3) is 0 Å². The smallest absolute Gasteiger partial charge is 0.220 e. The molecule has 1 amide bonds. The standard InChI is InChI=1S/C25H36N2O3/c1-19(2)16-30-20(3)17-29-18-24(15-22-9-12-23(26)13-10-22)27-25(28)14-11-21-7-5-4-6-8-21/h4-10,12-13,19-20,24H,11,14-18,26H2,1-3H3,(H,27,28). The molecule has 0 aliphatic heterocycles. The van der Waals surface area contributed by atoms with Gasteiger partial charge in [0.1, 0.15) is 0 Å². The first-order chi connectivity index (χ1) is 14.4. The molecule has 5 heteroatoms. The quantitative estimate of drug-likeness (QED) is 0.488. The van der Waals surface area contributed by atoms with Crippen LogP contribution in [0.4, 0.5) is 5.69 Å². The van der Waals surface area contributed by atoms with Crippen molar-refractivity contribution in [2.24, 2.45) is 5.92 Å². The van der Waals surface area contributed by atoms with E-state index in [0.717, 1.165) is 29.8 Å². The van der Waals surface area contributed by atoms with Crippen LogP contribution in [0.15, 0.2) is 54.6 Å². The fraction of sp³-hybridized carbons (Fsp3) is 0.480. The van der Waals surface area contributed by atoms with E-state index in [0.29, 0.717) is 32.0 Å². The Hall–Kier alpha value is -2.37. The summed E-state index contributed by atoms with van der Waals surface area (Å²) in [6.07, 6.45) is 1.90. The minimum absolute atomic E-state index is 0.0263. The normalized spacial score (nSPS) is 13.2. The Morgan fingerprint density at radius 2 is 1.63 bits per heavy atom. The van der Waals surface area contributed by atoms with Crippen LogP contribution in [0.5, 0.6) is 0 Å². The summed E-state index contributed by atoms with van der Waals surface area (Å²) in [5.41, 5.74) is 8.80. The molecule has 2 atom stereocenters. The van der Waals surface area contributed by atoms with Crippen molar-refractivity contribution in [3.05, 3.63) is 65.7 Å². The summed E-state index contributed by atoms with van der Waals surface area (Å²) >= 11 is 0. The SMILES string of the molecule is CC(C)COC(C)COCC(Cc1ccc(N)cc1)NC(=O)CCc1ccccc1. The number of hydrogen-bond donors (Lipinski definition) is 2. The van der Waals surface area contributed by atoms with E-state index in [1.165, 1.54) is 0 Å². The fourth-order valence-corrected chi connectivity index (χ4v) is 3.07. The van der Waals surface area contributed by atoms with Crippen LogP contribution in [0.3, 0.4) is 0 Å². The molecule has 2 rings (SSSR count). The molecule has 0 aliphatic carbocycles. The molecule has 0 saturated carbocycles. The maximum absolute atomic E-state index is 12.5. The van der Waals surface area contributed by atoms with Gasteiger partial charge in [0.2, 0.25) is 5.91 Å². The molecule has 0 aromatic heterocycles. The number of benzene rings is 2. The number of nitrogen functional groups attached to an aromatic ring is 1. The second-order valence-corrected chi connectivity index (χ2v) is 8.27. The van der Waals surface area contributed by atoms with Gasteiger partial charge in [-0.15, -0.1) is 0 Å². The van der Waals surface area contributed by atoms with Gasteiger partial charge in [-0.25, -0.2) is 0 Å². The topological polar surface area (TPSA) is 73.6 Å². The van der Waals surface area contributed by atoms with Gasteiger partial charge in [-0.2, -0.15) is 0 Å². The maximum atomic E-state index is 12.5. The third-order valence-electron chi connectivity index (χ3n) is 4.70. The van der Waals surface area contributed by atoms with Crippen molar-refractivity contribution in [3.63, 3.8) is 0 Å². The molecule has 2 aromatic carbocycles. The van der Waals surface area contributed by atoms with E-state index >= 15 is 0 Å². The average Bonchev–Trinajstić information content (AvgIpc) is 2.73. The van der Waals surface area contributed by atoms with Crippen molar-refractivity contribution in [1.82, 2.24) is 5.32 Å². The summed E-state index contributed by atoms with van der Waals surface area (Å²) in [4.78, 5) is 12.5. The Balaban J connectivity index is 1.86. The third-order valence-corrected chi connectivity index (χ3v) is 4.70. The number of nitrogens with two attached hydrogens (primary N) is 1. The first kappa shape index (κ1) is 23.9. The van der Waals surface area contributed by atoms with Crippen LogP contribution in [-0.4, -0.2) is 37.9 Å². The van der Waals surface area contributed by atoms with Crippen molar-refractivity contribution in [2.75, 3.05) is 25.6 Å². The summed E-state index contributed by atoms with van der Waals surface area (Å²) in [5, 5.41) is 3.14. The van der Waals surface area contributed by atoms with E-state index in [-0.39, 0.29) is 18.1 Å².